The minimum atomic E-state index is -0.412. The summed E-state index contributed by atoms with van der Waals surface area (Å²) in [6, 6.07) is 3.53. The number of guanidine groups is 1. The largest absolute Gasteiger partial charge is 0.356 e. The number of rotatable bonds is 6. The highest BCUT2D eigenvalue weighted by Crippen LogP contribution is 2.09. The van der Waals surface area contributed by atoms with Gasteiger partial charge >= 0.3 is 0 Å². The second kappa shape index (κ2) is 11.6. The van der Waals surface area contributed by atoms with Crippen LogP contribution >= 0.6 is 24.0 Å². The molecular formula is C17H27F2IN4. The molecule has 7 heteroatoms. The molecule has 0 radical (unpaired) electrons. The second-order valence-electron chi connectivity index (χ2n) is 5.81. The van der Waals surface area contributed by atoms with E-state index in [-0.39, 0.29) is 29.8 Å². The summed E-state index contributed by atoms with van der Waals surface area (Å²) in [5, 5.41) is 6.39. The van der Waals surface area contributed by atoms with Crippen molar-refractivity contribution in [3.05, 3.63) is 35.4 Å². The molecule has 1 aliphatic rings. The van der Waals surface area contributed by atoms with Crippen molar-refractivity contribution in [2.75, 3.05) is 39.8 Å². The van der Waals surface area contributed by atoms with Crippen LogP contribution in [0, 0.1) is 11.6 Å². The number of hydrogen-bond acceptors (Lipinski definition) is 2. The molecule has 1 aromatic carbocycles. The van der Waals surface area contributed by atoms with Gasteiger partial charge in [-0.15, -0.1) is 24.0 Å². The maximum Gasteiger partial charge on any atom is 0.191 e. The zero-order valence-electron chi connectivity index (χ0n) is 14.2. The first-order valence-electron chi connectivity index (χ1n) is 8.30. The smallest absolute Gasteiger partial charge is 0.191 e. The Morgan fingerprint density at radius 1 is 1.12 bits per heavy atom. The average molecular weight is 452 g/mol. The average Bonchev–Trinajstić information content (AvgIpc) is 2.57. The van der Waals surface area contributed by atoms with Gasteiger partial charge in [0.2, 0.25) is 0 Å². The molecule has 0 saturated carbocycles. The van der Waals surface area contributed by atoms with Gasteiger partial charge < -0.3 is 15.5 Å². The van der Waals surface area contributed by atoms with Crippen LogP contribution in [0.2, 0.25) is 0 Å². The van der Waals surface area contributed by atoms with Crippen molar-refractivity contribution in [1.82, 2.24) is 15.5 Å². The van der Waals surface area contributed by atoms with Crippen molar-refractivity contribution < 1.29 is 8.78 Å². The van der Waals surface area contributed by atoms with E-state index in [1.807, 2.05) is 0 Å². The SMILES string of the molecule is CN=C(NCCc1cc(F)ccc1F)NCCN1CCCCC1.I. The predicted octanol–water partition coefficient (Wildman–Crippen LogP) is 2.78. The van der Waals surface area contributed by atoms with Crippen molar-refractivity contribution in [2.45, 2.75) is 25.7 Å². The fraction of sp³-hybridized carbons (Fsp3) is 0.588. The Morgan fingerprint density at radius 2 is 1.83 bits per heavy atom. The number of piperidine rings is 1. The number of benzene rings is 1. The summed E-state index contributed by atoms with van der Waals surface area (Å²) in [4.78, 5) is 6.60. The second-order valence-corrected chi connectivity index (χ2v) is 5.81. The fourth-order valence-electron chi connectivity index (χ4n) is 2.79. The minimum Gasteiger partial charge on any atom is -0.356 e. The van der Waals surface area contributed by atoms with Crippen molar-refractivity contribution in [1.29, 1.82) is 0 Å². The predicted molar refractivity (Wildman–Crippen MR) is 105 cm³/mol. The van der Waals surface area contributed by atoms with Crippen LogP contribution in [0.15, 0.2) is 23.2 Å². The first-order chi connectivity index (χ1) is 11.2. The third-order valence-electron chi connectivity index (χ3n) is 4.09. The minimum absolute atomic E-state index is 0. The monoisotopic (exact) mass is 452 g/mol. The van der Waals surface area contributed by atoms with E-state index in [1.54, 1.807) is 7.05 Å². The number of nitrogens with one attached hydrogen (secondary N) is 2. The molecule has 2 rings (SSSR count). The molecule has 1 heterocycles. The summed E-state index contributed by atoms with van der Waals surface area (Å²) < 4.78 is 26.7. The number of hydrogen-bond donors (Lipinski definition) is 2. The molecule has 0 aliphatic carbocycles. The van der Waals surface area contributed by atoms with Gasteiger partial charge in [0.05, 0.1) is 0 Å². The van der Waals surface area contributed by atoms with Gasteiger partial charge in [-0.2, -0.15) is 0 Å². The van der Waals surface area contributed by atoms with E-state index in [0.29, 0.717) is 24.5 Å². The summed E-state index contributed by atoms with van der Waals surface area (Å²) in [7, 11) is 1.71. The van der Waals surface area contributed by atoms with Gasteiger partial charge in [-0.3, -0.25) is 4.99 Å². The molecular weight excluding hydrogens is 425 g/mol. The summed E-state index contributed by atoms with van der Waals surface area (Å²) >= 11 is 0. The first-order valence-corrected chi connectivity index (χ1v) is 8.30. The third kappa shape index (κ3) is 7.29. The Balaban J connectivity index is 0.00000288. The molecule has 136 valence electrons. The lowest BCUT2D eigenvalue weighted by atomic mass is 10.1. The highest BCUT2D eigenvalue weighted by molar-refractivity contribution is 14.0. The van der Waals surface area contributed by atoms with Crippen molar-refractivity contribution in [3.63, 3.8) is 0 Å². The summed E-state index contributed by atoms with van der Waals surface area (Å²) in [6.45, 7) is 4.68. The maximum absolute atomic E-state index is 13.5. The quantitative estimate of drug-likeness (QED) is 0.396. The van der Waals surface area contributed by atoms with E-state index in [1.165, 1.54) is 38.4 Å². The lowest BCUT2D eigenvalue weighted by Gasteiger charge is -2.26. The van der Waals surface area contributed by atoms with E-state index in [2.05, 4.69) is 20.5 Å². The van der Waals surface area contributed by atoms with Crippen LogP contribution in [0.3, 0.4) is 0 Å². The zero-order chi connectivity index (χ0) is 16.5. The van der Waals surface area contributed by atoms with Gasteiger partial charge in [-0.25, -0.2) is 8.78 Å². The molecule has 0 atom stereocenters. The Kier molecular flexibility index (Phi) is 10.2. The fourth-order valence-corrected chi connectivity index (χ4v) is 2.79. The van der Waals surface area contributed by atoms with Crippen LogP contribution in [0.4, 0.5) is 8.78 Å². The van der Waals surface area contributed by atoms with Gasteiger partial charge in [-0.05, 0) is 56.1 Å². The Bertz CT molecular complexity index is 519. The van der Waals surface area contributed by atoms with Crippen LogP contribution in [0.1, 0.15) is 24.8 Å². The maximum atomic E-state index is 13.5. The van der Waals surface area contributed by atoms with Crippen LogP contribution in [0.5, 0.6) is 0 Å². The zero-order valence-corrected chi connectivity index (χ0v) is 16.5. The van der Waals surface area contributed by atoms with Gasteiger partial charge in [0.15, 0.2) is 5.96 Å². The number of nitrogens with zero attached hydrogens (tertiary/aromatic N) is 2. The number of halogens is 3. The summed E-state index contributed by atoms with van der Waals surface area (Å²) in [5.41, 5.74) is 0.376. The molecule has 24 heavy (non-hydrogen) atoms. The Hall–Kier alpha value is -0.960. The highest BCUT2D eigenvalue weighted by atomic mass is 127. The van der Waals surface area contributed by atoms with Crippen LogP contribution < -0.4 is 10.6 Å². The third-order valence-corrected chi connectivity index (χ3v) is 4.09. The van der Waals surface area contributed by atoms with Crippen LogP contribution in [0.25, 0.3) is 0 Å². The molecule has 1 aromatic rings. The molecule has 0 unspecified atom stereocenters. The molecule has 1 aliphatic heterocycles. The number of likely N-dealkylation sites (tertiary alicyclic amines) is 1. The molecule has 0 spiro atoms. The normalized spacial score (nSPS) is 15.7. The van der Waals surface area contributed by atoms with Gasteiger partial charge in [0, 0.05) is 26.7 Å². The Labute approximate surface area is 160 Å². The first kappa shape index (κ1) is 21.1. The number of aliphatic imine (C=N–C) groups is 1. The van der Waals surface area contributed by atoms with Gasteiger partial charge in [0.25, 0.3) is 0 Å². The van der Waals surface area contributed by atoms with E-state index < -0.39 is 5.82 Å². The van der Waals surface area contributed by atoms with Gasteiger partial charge in [-0.1, -0.05) is 6.42 Å². The van der Waals surface area contributed by atoms with E-state index >= 15 is 0 Å². The van der Waals surface area contributed by atoms with Crippen LogP contribution in [-0.4, -0.2) is 50.6 Å². The van der Waals surface area contributed by atoms with Gasteiger partial charge in [0.1, 0.15) is 11.6 Å². The molecule has 4 nitrogen and oxygen atoms in total. The molecule has 0 aromatic heterocycles. The van der Waals surface area contributed by atoms with E-state index in [9.17, 15) is 8.78 Å². The molecule has 2 N–H and O–H groups in total. The van der Waals surface area contributed by atoms with Crippen LogP contribution in [-0.2, 0) is 6.42 Å². The van der Waals surface area contributed by atoms with Crippen molar-refractivity contribution in [3.8, 4) is 0 Å². The molecule has 0 amide bonds. The lowest BCUT2D eigenvalue weighted by molar-refractivity contribution is 0.232. The topological polar surface area (TPSA) is 39.7 Å². The summed E-state index contributed by atoms with van der Waals surface area (Å²) in [5.74, 6) is -0.0921. The Morgan fingerprint density at radius 3 is 2.54 bits per heavy atom. The summed E-state index contributed by atoms with van der Waals surface area (Å²) in [6.07, 6.45) is 4.32. The molecule has 0 bridgehead atoms. The molecule has 1 fully saturated rings. The van der Waals surface area contributed by atoms with E-state index in [0.717, 1.165) is 25.2 Å². The lowest BCUT2D eigenvalue weighted by Crippen LogP contribution is -2.43. The molecule has 1 saturated heterocycles. The standard InChI is InChI=1S/C17H26F2N4.HI/c1-20-17(22-9-12-23-10-3-2-4-11-23)21-8-7-14-13-15(18)5-6-16(14)19;/h5-6,13H,2-4,7-12H2,1H3,(H2,20,21,22);1H. The van der Waals surface area contributed by atoms with Crippen molar-refractivity contribution in [2.24, 2.45) is 4.99 Å². The van der Waals surface area contributed by atoms with E-state index in [4.69, 9.17) is 0 Å². The highest BCUT2D eigenvalue weighted by Gasteiger charge is 2.09. The van der Waals surface area contributed by atoms with Crippen molar-refractivity contribution >= 4 is 29.9 Å².